The Kier molecular flexibility index (Phi) is 6.45. The molecule has 0 bridgehead atoms. The van der Waals surface area contributed by atoms with E-state index in [-0.39, 0.29) is 6.10 Å². The maximum absolute atomic E-state index is 10.4. The van der Waals surface area contributed by atoms with Gasteiger partial charge in [-0.15, -0.1) is 0 Å². The molecule has 1 aliphatic heterocycles. The number of nitrogens with zero attached hydrogens (tertiary/aromatic N) is 1. The first-order valence-electron chi connectivity index (χ1n) is 8.95. The van der Waals surface area contributed by atoms with Gasteiger partial charge in [-0.25, -0.2) is 0 Å². The Hall–Kier alpha value is -1.88. The highest BCUT2D eigenvalue weighted by Gasteiger charge is 2.22. The molecule has 0 spiro atoms. The number of likely N-dealkylation sites (tertiary alicyclic amines) is 1. The summed E-state index contributed by atoms with van der Waals surface area (Å²) in [4.78, 5) is 2.32. The second-order valence-corrected chi connectivity index (χ2v) is 6.55. The third-order valence-corrected chi connectivity index (χ3v) is 4.82. The van der Waals surface area contributed by atoms with Gasteiger partial charge in [-0.3, -0.25) is 0 Å². The van der Waals surface area contributed by atoms with E-state index in [1.165, 1.54) is 0 Å². The summed E-state index contributed by atoms with van der Waals surface area (Å²) in [7, 11) is 1.69. The highest BCUT2D eigenvalue weighted by molar-refractivity contribution is 5.32. The Balaban J connectivity index is 1.43. The molecule has 2 aromatic carbocycles. The molecule has 0 amide bonds. The minimum absolute atomic E-state index is 0.273. The number of β-amino-alcohol motifs (C(OH)–C–C–N with tert-alkyl or cyclic N) is 1. The molecule has 0 saturated carbocycles. The van der Waals surface area contributed by atoms with E-state index < -0.39 is 6.10 Å². The van der Waals surface area contributed by atoms with Crippen LogP contribution in [0.2, 0.25) is 0 Å². The summed E-state index contributed by atoms with van der Waals surface area (Å²) < 4.78 is 11.5. The molecule has 1 N–H and O–H groups in total. The van der Waals surface area contributed by atoms with Crippen LogP contribution in [0.3, 0.4) is 0 Å². The van der Waals surface area contributed by atoms with E-state index in [0.29, 0.717) is 13.2 Å². The van der Waals surface area contributed by atoms with Crippen LogP contribution in [0.25, 0.3) is 0 Å². The molecule has 1 aliphatic rings. The van der Waals surface area contributed by atoms with Crippen molar-refractivity contribution in [3.05, 3.63) is 65.7 Å². The van der Waals surface area contributed by atoms with Gasteiger partial charge in [0, 0.05) is 25.2 Å². The molecular formula is C21H27NO3. The van der Waals surface area contributed by atoms with E-state index in [1.54, 1.807) is 7.11 Å². The normalized spacial score (nSPS) is 17.4. The zero-order valence-electron chi connectivity index (χ0n) is 14.8. The predicted molar refractivity (Wildman–Crippen MR) is 98.6 cm³/mol. The average molecular weight is 341 g/mol. The van der Waals surface area contributed by atoms with Crippen molar-refractivity contribution >= 4 is 0 Å². The summed E-state index contributed by atoms with van der Waals surface area (Å²) in [5.74, 6) is 0.880. The third kappa shape index (κ3) is 5.05. The monoisotopic (exact) mass is 341 g/mol. The number of ether oxygens (including phenoxy) is 2. The van der Waals surface area contributed by atoms with Gasteiger partial charge in [0.05, 0.1) is 25.9 Å². The first-order valence-corrected chi connectivity index (χ1v) is 8.95. The lowest BCUT2D eigenvalue weighted by atomic mass is 10.0. The Labute approximate surface area is 150 Å². The molecule has 0 aromatic heterocycles. The maximum atomic E-state index is 10.4. The van der Waals surface area contributed by atoms with Crippen LogP contribution in [-0.2, 0) is 11.3 Å². The summed E-state index contributed by atoms with van der Waals surface area (Å²) in [6, 6.07) is 17.9. The molecule has 1 unspecified atom stereocenters. The standard InChI is InChI=1S/C21H27NO3/c1-24-21-10-6-5-9-18(21)16-25-19-11-13-22(14-12-19)15-20(23)17-7-3-2-4-8-17/h2-10,19-20,23H,11-16H2,1H3. The highest BCUT2D eigenvalue weighted by atomic mass is 16.5. The molecule has 25 heavy (non-hydrogen) atoms. The largest absolute Gasteiger partial charge is 0.496 e. The molecule has 2 aromatic rings. The van der Waals surface area contributed by atoms with Crippen LogP contribution in [0.5, 0.6) is 5.75 Å². The number of aliphatic hydroxyl groups excluding tert-OH is 1. The molecule has 0 aliphatic carbocycles. The van der Waals surface area contributed by atoms with Gasteiger partial charge in [0.2, 0.25) is 0 Å². The zero-order valence-corrected chi connectivity index (χ0v) is 14.8. The third-order valence-electron chi connectivity index (χ3n) is 4.82. The topological polar surface area (TPSA) is 41.9 Å². The number of rotatable bonds is 7. The van der Waals surface area contributed by atoms with E-state index in [9.17, 15) is 5.11 Å². The lowest BCUT2D eigenvalue weighted by molar-refractivity contribution is -0.0114. The van der Waals surface area contributed by atoms with Crippen LogP contribution < -0.4 is 4.74 Å². The van der Waals surface area contributed by atoms with Gasteiger partial charge >= 0.3 is 0 Å². The van der Waals surface area contributed by atoms with Crippen LogP contribution in [0.1, 0.15) is 30.1 Å². The van der Waals surface area contributed by atoms with Crippen LogP contribution in [0, 0.1) is 0 Å². The fourth-order valence-corrected chi connectivity index (χ4v) is 3.31. The van der Waals surface area contributed by atoms with Crippen molar-refractivity contribution < 1.29 is 14.6 Å². The van der Waals surface area contributed by atoms with E-state index in [4.69, 9.17) is 9.47 Å². The molecule has 1 heterocycles. The fourth-order valence-electron chi connectivity index (χ4n) is 3.31. The first kappa shape index (κ1) is 17.9. The summed E-state index contributed by atoms with van der Waals surface area (Å²) in [6.07, 6.45) is 1.84. The van der Waals surface area contributed by atoms with Crippen LogP contribution in [0.4, 0.5) is 0 Å². The number of para-hydroxylation sites is 1. The molecule has 4 heteroatoms. The van der Waals surface area contributed by atoms with Crippen molar-refractivity contribution in [1.29, 1.82) is 0 Å². The maximum Gasteiger partial charge on any atom is 0.124 e. The molecule has 1 atom stereocenters. The van der Waals surface area contributed by atoms with Crippen molar-refractivity contribution in [2.45, 2.75) is 31.7 Å². The Morgan fingerprint density at radius 3 is 2.44 bits per heavy atom. The lowest BCUT2D eigenvalue weighted by Gasteiger charge is -2.33. The summed E-state index contributed by atoms with van der Waals surface area (Å²) in [5.41, 5.74) is 2.07. The second-order valence-electron chi connectivity index (χ2n) is 6.55. The molecule has 0 radical (unpaired) electrons. The van der Waals surface area contributed by atoms with E-state index in [2.05, 4.69) is 4.90 Å². The SMILES string of the molecule is COc1ccccc1COC1CCN(CC(O)c2ccccc2)CC1. The zero-order chi connectivity index (χ0) is 17.5. The molecular weight excluding hydrogens is 314 g/mol. The Bertz CT molecular complexity index is 639. The Morgan fingerprint density at radius 2 is 1.72 bits per heavy atom. The van der Waals surface area contributed by atoms with Gasteiger partial charge in [0.25, 0.3) is 0 Å². The van der Waals surface area contributed by atoms with Crippen LogP contribution in [-0.4, -0.2) is 42.9 Å². The number of aliphatic hydroxyl groups is 1. The lowest BCUT2D eigenvalue weighted by Crippen LogP contribution is -2.39. The molecule has 1 saturated heterocycles. The first-order chi connectivity index (χ1) is 12.3. The van der Waals surface area contributed by atoms with Crippen molar-refractivity contribution in [3.63, 3.8) is 0 Å². The molecule has 3 rings (SSSR count). The van der Waals surface area contributed by atoms with Gasteiger partial charge < -0.3 is 19.5 Å². The highest BCUT2D eigenvalue weighted by Crippen LogP contribution is 2.22. The summed E-state index contributed by atoms with van der Waals surface area (Å²) in [6.45, 7) is 3.19. The van der Waals surface area contributed by atoms with Crippen molar-refractivity contribution in [2.75, 3.05) is 26.7 Å². The minimum atomic E-state index is -0.424. The van der Waals surface area contributed by atoms with Crippen LogP contribution in [0.15, 0.2) is 54.6 Å². The van der Waals surface area contributed by atoms with Gasteiger partial charge in [-0.1, -0.05) is 48.5 Å². The number of hydrogen-bond donors (Lipinski definition) is 1. The van der Waals surface area contributed by atoms with E-state index in [0.717, 1.165) is 42.8 Å². The Morgan fingerprint density at radius 1 is 1.04 bits per heavy atom. The smallest absolute Gasteiger partial charge is 0.124 e. The number of benzene rings is 2. The quantitative estimate of drug-likeness (QED) is 0.838. The van der Waals surface area contributed by atoms with Gasteiger partial charge in [0.1, 0.15) is 5.75 Å². The molecule has 4 nitrogen and oxygen atoms in total. The van der Waals surface area contributed by atoms with Gasteiger partial charge in [-0.05, 0) is 24.5 Å². The molecule has 1 fully saturated rings. The van der Waals surface area contributed by atoms with Crippen LogP contribution >= 0.6 is 0 Å². The van der Waals surface area contributed by atoms with Crippen molar-refractivity contribution in [2.24, 2.45) is 0 Å². The summed E-state index contributed by atoms with van der Waals surface area (Å²) in [5, 5.41) is 10.4. The number of methoxy groups -OCH3 is 1. The number of piperidine rings is 1. The van der Waals surface area contributed by atoms with Crippen molar-refractivity contribution in [1.82, 2.24) is 4.90 Å². The minimum Gasteiger partial charge on any atom is -0.496 e. The van der Waals surface area contributed by atoms with E-state index >= 15 is 0 Å². The van der Waals surface area contributed by atoms with Crippen molar-refractivity contribution in [3.8, 4) is 5.75 Å². The number of hydrogen-bond acceptors (Lipinski definition) is 4. The average Bonchev–Trinajstić information content (AvgIpc) is 2.68. The summed E-state index contributed by atoms with van der Waals surface area (Å²) >= 11 is 0. The predicted octanol–water partition coefficient (Wildman–Crippen LogP) is 3.41. The van der Waals surface area contributed by atoms with Gasteiger partial charge in [0.15, 0.2) is 0 Å². The second kappa shape index (κ2) is 8.99. The van der Waals surface area contributed by atoms with E-state index in [1.807, 2.05) is 54.6 Å². The molecule has 134 valence electrons. The van der Waals surface area contributed by atoms with Gasteiger partial charge in [-0.2, -0.15) is 0 Å². The fraction of sp³-hybridized carbons (Fsp3) is 0.429.